The predicted molar refractivity (Wildman–Crippen MR) is 345 cm³/mol. The zero-order valence-electron chi connectivity index (χ0n) is 57.2. The first kappa shape index (κ1) is 77.2. The van der Waals surface area contributed by atoms with Gasteiger partial charge >= 0.3 is 12.1 Å². The Bertz CT molecular complexity index is 2990. The number of fused-ring (bicyclic) bond motifs is 3. The number of nitrogens with zero attached hydrogens (tertiary/aromatic N) is 1. The molecule has 4 rings (SSSR count). The van der Waals surface area contributed by atoms with Crippen LogP contribution in [0.25, 0.3) is 11.1 Å². The number of ether oxygens (including phenoxy) is 2. The molecule has 515 valence electrons. The summed E-state index contributed by atoms with van der Waals surface area (Å²) in [6, 6.07) is 11.1. The molecular formula is C66H101N12O15. The summed E-state index contributed by atoms with van der Waals surface area (Å²) in [5.41, 5.74) is -3.41. The van der Waals surface area contributed by atoms with Crippen LogP contribution >= 0.6 is 0 Å². The molecule has 0 spiro atoms. The monoisotopic (exact) mass is 1300 g/mol. The maximum Gasteiger partial charge on any atom is 0.408 e. The topological polar surface area (TPSA) is 379 Å². The van der Waals surface area contributed by atoms with Gasteiger partial charge in [0, 0.05) is 17.0 Å². The molecule has 11 amide bonds. The van der Waals surface area contributed by atoms with Crippen molar-refractivity contribution in [2.24, 2.45) is 23.7 Å². The summed E-state index contributed by atoms with van der Waals surface area (Å²) in [5.74, 6) is -9.26. The molecule has 1 saturated heterocycles. The first-order valence-corrected chi connectivity index (χ1v) is 31.8. The third-order valence-electron chi connectivity index (χ3n) is 16.4. The highest BCUT2D eigenvalue weighted by Gasteiger charge is 2.57. The molecule has 2 aliphatic rings. The van der Waals surface area contributed by atoms with E-state index in [4.69, 9.17) is 9.47 Å². The molecule has 1 radical (unpaired) electrons. The van der Waals surface area contributed by atoms with E-state index < -0.39 is 155 Å². The number of methoxy groups -OCH3 is 1. The second kappa shape index (κ2) is 33.1. The molecule has 0 bridgehead atoms. The fraction of sp³-hybridized carbons (Fsp3) is 0.636. The molecule has 0 saturated carbocycles. The van der Waals surface area contributed by atoms with E-state index in [2.05, 4.69) is 58.5 Å². The van der Waals surface area contributed by atoms with Crippen LogP contribution in [-0.4, -0.2) is 168 Å². The third-order valence-corrected chi connectivity index (χ3v) is 16.4. The highest BCUT2D eigenvalue weighted by molar-refractivity contribution is 5.99. The summed E-state index contributed by atoms with van der Waals surface area (Å²) in [4.78, 5) is 162. The van der Waals surface area contributed by atoms with Crippen molar-refractivity contribution in [3.8, 4) is 11.1 Å². The molecular weight excluding hydrogens is 1200 g/mol. The molecule has 5 atom stereocenters. The molecule has 0 unspecified atom stereocenters. The Balaban J connectivity index is 1.32. The lowest BCUT2D eigenvalue weighted by molar-refractivity contribution is -0.295. The summed E-state index contributed by atoms with van der Waals surface area (Å²) < 4.78 is 10.5. The number of hydrogen-bond acceptors (Lipinski definition) is 15. The molecule has 11 N–H and O–H groups in total. The molecule has 2 aromatic carbocycles. The number of piperidine rings is 1. The van der Waals surface area contributed by atoms with Crippen LogP contribution in [0.2, 0.25) is 0 Å². The Kier molecular flexibility index (Phi) is 27.5. The van der Waals surface area contributed by atoms with Crippen molar-refractivity contribution in [2.75, 3.05) is 39.9 Å². The van der Waals surface area contributed by atoms with Crippen LogP contribution in [-0.2, 0) is 67.4 Å². The van der Waals surface area contributed by atoms with Crippen LogP contribution < -0.4 is 58.5 Å². The summed E-state index contributed by atoms with van der Waals surface area (Å²) in [7, 11) is 1.21. The third kappa shape index (κ3) is 22.0. The lowest BCUT2D eigenvalue weighted by atomic mass is 9.69. The van der Waals surface area contributed by atoms with Crippen LogP contribution in [0.3, 0.4) is 0 Å². The number of carbonyl (C=O) groups is 12. The zero-order chi connectivity index (χ0) is 70.1. The van der Waals surface area contributed by atoms with Gasteiger partial charge in [0.15, 0.2) is 0 Å². The molecule has 93 heavy (non-hydrogen) atoms. The lowest BCUT2D eigenvalue weighted by Crippen LogP contribution is -2.73. The minimum absolute atomic E-state index is 0.0145. The summed E-state index contributed by atoms with van der Waals surface area (Å²) in [6.45, 7) is 24.0. The van der Waals surface area contributed by atoms with E-state index in [1.807, 2.05) is 83.1 Å². The number of esters is 1. The predicted octanol–water partition coefficient (Wildman–Crippen LogP) is 2.81. The zero-order valence-corrected chi connectivity index (χ0v) is 57.2. The van der Waals surface area contributed by atoms with Crippen LogP contribution in [0, 0.1) is 23.7 Å². The van der Waals surface area contributed by atoms with E-state index in [1.54, 1.807) is 48.5 Å². The van der Waals surface area contributed by atoms with E-state index >= 15 is 0 Å². The molecule has 1 fully saturated rings. The van der Waals surface area contributed by atoms with Gasteiger partial charge in [0.25, 0.3) is 0 Å². The fourth-order valence-electron chi connectivity index (χ4n) is 11.8. The van der Waals surface area contributed by atoms with E-state index in [9.17, 15) is 62.7 Å². The van der Waals surface area contributed by atoms with Crippen LogP contribution in [0.15, 0.2) is 48.5 Å². The van der Waals surface area contributed by atoms with Crippen LogP contribution in [0.4, 0.5) is 4.79 Å². The van der Waals surface area contributed by atoms with Gasteiger partial charge in [-0.25, -0.2) is 9.59 Å². The largest absolute Gasteiger partial charge is 0.467 e. The first-order chi connectivity index (χ1) is 43.2. The Labute approximate surface area is 546 Å². The van der Waals surface area contributed by atoms with Gasteiger partial charge in [-0.05, 0) is 133 Å². The Hall–Kier alpha value is -8.20. The summed E-state index contributed by atoms with van der Waals surface area (Å²) in [6.07, 6.45) is -0.394. The number of nitrogens with one attached hydrogen (secondary N) is 11. The fourth-order valence-corrected chi connectivity index (χ4v) is 11.8. The van der Waals surface area contributed by atoms with E-state index in [-0.39, 0.29) is 62.4 Å². The number of rotatable bonds is 32. The second-order valence-corrected chi connectivity index (χ2v) is 28.0. The molecule has 1 aliphatic carbocycles. The summed E-state index contributed by atoms with van der Waals surface area (Å²) in [5, 5.41) is 42.9. The minimum atomic E-state index is -1.83. The SMILES string of the molecule is CC[C@H](C)[C@H](NC(=O)CNC(=O)C1(NC(=O)[C@H](CC(C)C)NC(=O)CNC(=O)CNC(=O)C(C)(C)NC(=O)[C@H](CC(C)C)NC(=O)CNC(=O)C(C)(C)NC(=O)OCC2c3ccccc3-c3ccccc32)CC(C)(C)N([O])C(C)(C)C1)C(=O)N[C@@H](CC(C)C)C(=O)OC. The van der Waals surface area contributed by atoms with Gasteiger partial charge in [0.2, 0.25) is 59.1 Å². The van der Waals surface area contributed by atoms with Gasteiger partial charge in [-0.1, -0.05) is 110 Å². The number of hydroxylamine groups is 2. The Morgan fingerprint density at radius 2 is 0.978 bits per heavy atom. The lowest BCUT2D eigenvalue weighted by Gasteiger charge is -2.54. The number of amides is 11. The molecule has 0 aromatic heterocycles. The van der Waals surface area contributed by atoms with Crippen molar-refractivity contribution in [2.45, 2.75) is 207 Å². The first-order valence-electron chi connectivity index (χ1n) is 31.8. The number of alkyl carbamates (subject to hydrolysis) is 1. The normalized spacial score (nSPS) is 16.5. The van der Waals surface area contributed by atoms with Gasteiger partial charge in [-0.2, -0.15) is 0 Å². The van der Waals surface area contributed by atoms with Gasteiger partial charge in [-0.3, -0.25) is 47.9 Å². The smallest absolute Gasteiger partial charge is 0.408 e. The molecule has 2 aromatic rings. The standard InChI is InChI=1S/C66H101N12O15/c1-18-40(8)53(56(85)73-48(29-39(6)7)57(86)92-17)74-52(82)33-70-60(89)66(35-62(9,10)78(91)63(11,12)36-66)76-55(84)47(28-38(4)5)72-50(80)31-67-49(79)30-68-58(87)64(13,14)75-54(83)46(27-37(2)3)71-51(81)32-69-59(88)65(15,16)77-61(90)93-34-45-43-25-21-19-23-41(43)42-24-20-22-26-44(42)45/h19-26,37-40,45-48,53H,18,27-36H2,1-17H3,(H,67,79)(H,68,87)(H,69,88)(H,70,89)(H,71,81)(H,72,80)(H,73,85)(H,74,82)(H,75,83)(H,76,84)(H,77,90)/t40-,46-,47-,48-,53-/m0/s1. The van der Waals surface area contributed by atoms with E-state index in [1.165, 1.54) is 34.8 Å². The second-order valence-electron chi connectivity index (χ2n) is 28.0. The maximum atomic E-state index is 14.6. The average molecular weight is 1300 g/mol. The minimum Gasteiger partial charge on any atom is -0.467 e. The van der Waals surface area contributed by atoms with Crippen molar-refractivity contribution in [3.05, 3.63) is 59.7 Å². The highest BCUT2D eigenvalue weighted by Crippen LogP contribution is 2.45. The molecule has 27 nitrogen and oxygen atoms in total. The maximum absolute atomic E-state index is 14.6. The average Bonchev–Trinajstić information content (AvgIpc) is 0.973. The summed E-state index contributed by atoms with van der Waals surface area (Å²) >= 11 is 0. The highest BCUT2D eigenvalue weighted by atomic mass is 16.5. The van der Waals surface area contributed by atoms with E-state index in [0.29, 0.717) is 6.42 Å². The Morgan fingerprint density at radius 3 is 1.46 bits per heavy atom. The number of hydrogen-bond donors (Lipinski definition) is 11. The van der Waals surface area contributed by atoms with Crippen molar-refractivity contribution >= 4 is 71.1 Å². The number of benzene rings is 2. The molecule has 27 heteroatoms. The van der Waals surface area contributed by atoms with Crippen molar-refractivity contribution in [1.82, 2.24) is 63.5 Å². The van der Waals surface area contributed by atoms with Gasteiger partial charge in [0.05, 0.1) is 33.3 Å². The molecule has 1 heterocycles. The van der Waals surface area contributed by atoms with Crippen LogP contribution in [0.1, 0.15) is 166 Å². The quantitative estimate of drug-likeness (QED) is 0.0469. The number of carbonyl (C=O) groups excluding carboxylic acids is 12. The van der Waals surface area contributed by atoms with Crippen LogP contribution in [0.5, 0.6) is 0 Å². The Morgan fingerprint density at radius 1 is 0.548 bits per heavy atom. The molecule has 1 aliphatic heterocycles. The van der Waals surface area contributed by atoms with Crippen molar-refractivity contribution in [1.29, 1.82) is 0 Å². The van der Waals surface area contributed by atoms with Gasteiger partial charge in [0.1, 0.15) is 47.4 Å². The van der Waals surface area contributed by atoms with Gasteiger partial charge < -0.3 is 68.0 Å². The van der Waals surface area contributed by atoms with E-state index in [0.717, 1.165) is 27.3 Å². The van der Waals surface area contributed by atoms with Gasteiger partial charge in [-0.15, -0.1) is 10.3 Å². The van der Waals surface area contributed by atoms with Crippen molar-refractivity contribution in [3.63, 3.8) is 0 Å². The van der Waals surface area contributed by atoms with Crippen molar-refractivity contribution < 1.29 is 72.2 Å².